The topological polar surface area (TPSA) is 296 Å². The summed E-state index contributed by atoms with van der Waals surface area (Å²) in [6.07, 6.45) is -4.62. The highest BCUT2D eigenvalue weighted by atomic mass is 31.3. The molecule has 0 aromatic carbocycles. The predicted molar refractivity (Wildman–Crippen MR) is 102 cm³/mol. The summed E-state index contributed by atoms with van der Waals surface area (Å²) < 4.78 is 52.0. The fourth-order valence-electron chi connectivity index (χ4n) is 3.09. The molecule has 1 aliphatic rings. The third kappa shape index (κ3) is 5.36. The molecule has 0 spiro atoms. The molecule has 19 nitrogen and oxygen atoms in total. The Hall–Kier alpha value is -1.84. The van der Waals surface area contributed by atoms with Gasteiger partial charge in [-0.25, -0.2) is 23.2 Å². The average Bonchev–Trinajstić information content (AvgIpc) is 3.24. The molecule has 188 valence electrons. The minimum absolute atomic E-state index is 0.0772. The van der Waals surface area contributed by atoms with Crippen LogP contribution in [-0.2, 0) is 37.2 Å². The smallest absolute Gasteiger partial charge is 0.387 e. The van der Waals surface area contributed by atoms with Crippen LogP contribution in [0, 0.1) is 11.3 Å². The summed E-state index contributed by atoms with van der Waals surface area (Å²) >= 11 is 0. The van der Waals surface area contributed by atoms with Crippen molar-refractivity contribution in [1.82, 2.24) is 14.6 Å². The van der Waals surface area contributed by atoms with Crippen LogP contribution >= 0.6 is 23.5 Å². The Bertz CT molecular complexity index is 1260. The number of aliphatic hydroxyl groups excluding tert-OH is 2. The van der Waals surface area contributed by atoms with E-state index in [9.17, 15) is 34.1 Å². The molecule has 2 aromatic rings. The van der Waals surface area contributed by atoms with E-state index in [0.29, 0.717) is 0 Å². The molecular weight excluding hydrogens is 531 g/mol. The van der Waals surface area contributed by atoms with Crippen LogP contribution in [0.1, 0.15) is 5.69 Å². The van der Waals surface area contributed by atoms with Crippen molar-refractivity contribution in [1.29, 1.82) is 5.26 Å². The van der Waals surface area contributed by atoms with E-state index >= 15 is 0 Å². The summed E-state index contributed by atoms with van der Waals surface area (Å²) in [4.78, 5) is 39.5. The Morgan fingerprint density at radius 2 is 1.85 bits per heavy atom. The molecule has 8 N–H and O–H groups in total. The van der Waals surface area contributed by atoms with Crippen LogP contribution in [-0.4, -0.2) is 74.5 Å². The number of nitriles is 1. The number of hydrogen-bond acceptors (Lipinski definition) is 14. The third-order valence-corrected chi connectivity index (χ3v) is 8.18. The lowest BCUT2D eigenvalue weighted by atomic mass is 9.92. The number of phosphoric acid groups is 3. The van der Waals surface area contributed by atoms with E-state index in [1.807, 2.05) is 0 Å². The first-order valence-electron chi connectivity index (χ1n) is 8.61. The molecule has 3 rings (SSSR count). The first-order chi connectivity index (χ1) is 15.6. The second-order valence-corrected chi connectivity index (χ2v) is 11.0. The number of aromatic nitrogens is 3. The van der Waals surface area contributed by atoms with Crippen molar-refractivity contribution in [2.45, 2.75) is 23.9 Å². The molecule has 34 heavy (non-hydrogen) atoms. The van der Waals surface area contributed by atoms with Crippen molar-refractivity contribution in [2.24, 2.45) is 0 Å². The number of nitrogens with one attached hydrogen (secondary N) is 1. The summed E-state index contributed by atoms with van der Waals surface area (Å²) in [5.74, 6) is -0.0772. The molecule has 0 radical (unpaired) electrons. The van der Waals surface area contributed by atoms with E-state index in [4.69, 9.17) is 24.6 Å². The Morgan fingerprint density at radius 1 is 1.18 bits per heavy atom. The number of fused-ring (bicyclic) bond motifs is 1. The van der Waals surface area contributed by atoms with Crippen molar-refractivity contribution in [3.8, 4) is 6.07 Å². The zero-order valence-electron chi connectivity index (χ0n) is 16.3. The van der Waals surface area contributed by atoms with E-state index in [1.165, 1.54) is 12.1 Å². The first-order valence-corrected chi connectivity index (χ1v) is 13.1. The maximum Gasteiger partial charge on any atom is 0.490 e. The van der Waals surface area contributed by atoms with Gasteiger partial charge in [0.25, 0.3) is 0 Å². The molecule has 1 aliphatic heterocycles. The number of nitrogens with zero attached hydrogens (tertiary/aromatic N) is 4. The third-order valence-electron chi connectivity index (χ3n) is 4.38. The van der Waals surface area contributed by atoms with Gasteiger partial charge < -0.3 is 34.5 Å². The van der Waals surface area contributed by atoms with Crippen molar-refractivity contribution < 1.29 is 66.6 Å². The summed E-state index contributed by atoms with van der Waals surface area (Å²) in [7, 11) is -16.9. The van der Waals surface area contributed by atoms with Crippen molar-refractivity contribution in [2.75, 3.05) is 12.1 Å². The predicted octanol–water partition coefficient (Wildman–Crippen LogP) is -1.29. The molecule has 6 atom stereocenters. The van der Waals surface area contributed by atoms with Gasteiger partial charge in [-0.15, -0.1) is 0 Å². The largest absolute Gasteiger partial charge is 0.490 e. The average molecular weight is 547 g/mol. The van der Waals surface area contributed by atoms with Crippen LogP contribution in [0.3, 0.4) is 0 Å². The van der Waals surface area contributed by atoms with Gasteiger partial charge in [0.1, 0.15) is 36.2 Å². The number of hydrogen-bond donors (Lipinski definition) is 8. The zero-order chi connectivity index (χ0) is 25.5. The van der Waals surface area contributed by atoms with Gasteiger partial charge in [-0.2, -0.15) is 19.0 Å². The van der Waals surface area contributed by atoms with Crippen LogP contribution in [0.2, 0.25) is 0 Å². The normalized spacial score (nSPS) is 28.8. The second-order valence-electron chi connectivity index (χ2n) is 6.56. The van der Waals surface area contributed by atoms with Gasteiger partial charge >= 0.3 is 23.5 Å². The number of anilines is 1. The Kier molecular flexibility index (Phi) is 7.33. The Balaban J connectivity index is 1.82. The summed E-state index contributed by atoms with van der Waals surface area (Å²) in [5, 5.41) is 43.7. The van der Waals surface area contributed by atoms with Gasteiger partial charge in [0.2, 0.25) is 5.60 Å². The van der Waals surface area contributed by atoms with Crippen LogP contribution < -0.4 is 5.48 Å². The van der Waals surface area contributed by atoms with Gasteiger partial charge in [-0.05, 0) is 12.1 Å². The highest BCUT2D eigenvalue weighted by molar-refractivity contribution is 7.66. The van der Waals surface area contributed by atoms with Crippen LogP contribution in [0.15, 0.2) is 18.5 Å². The maximum atomic E-state index is 11.9. The monoisotopic (exact) mass is 547 g/mol. The molecule has 0 aliphatic carbocycles. The molecule has 0 amide bonds. The highest BCUT2D eigenvalue weighted by Crippen LogP contribution is 2.66. The lowest BCUT2D eigenvalue weighted by Crippen LogP contribution is -2.41. The standard InChI is InChI=1S/C12H16N5O14P3/c13-4-12(8-2-1-6-11(16-20)14-5-15-17(6)8)10(19)9(18)7(29-12)3-28-33(24,25)31-34(26,27)30-32(21,22)23/h1-2,5,7,9-10,18-20H,3H2,(H,24,25)(H,26,27)(H,14,15,16)(H2,21,22,23)/t7-,9-,10-,12+/m1/s1. The van der Waals surface area contributed by atoms with Gasteiger partial charge in [0.05, 0.1) is 12.3 Å². The van der Waals surface area contributed by atoms with Gasteiger partial charge in [-0.3, -0.25) is 15.2 Å². The van der Waals surface area contributed by atoms with E-state index in [1.54, 1.807) is 11.5 Å². The number of phosphoric ester groups is 1. The number of ether oxygens (including phenoxy) is 1. The lowest BCUT2D eigenvalue weighted by molar-refractivity contribution is -0.0634. The minimum Gasteiger partial charge on any atom is -0.387 e. The molecule has 0 saturated carbocycles. The quantitative estimate of drug-likeness (QED) is 0.134. The SMILES string of the molecule is N#C[C@@]1(c2ccc3c(NO)ncnn23)O[C@H](COP(=O)(O)OP(=O)(O)OP(=O)(O)O)[C@@H](O)[C@H]1O. The Morgan fingerprint density at radius 3 is 2.44 bits per heavy atom. The zero-order valence-corrected chi connectivity index (χ0v) is 19.0. The van der Waals surface area contributed by atoms with Crippen LogP contribution in [0.25, 0.3) is 5.52 Å². The molecule has 2 unspecified atom stereocenters. The van der Waals surface area contributed by atoms with Gasteiger partial charge in [0.15, 0.2) is 5.82 Å². The van der Waals surface area contributed by atoms with Crippen molar-refractivity contribution in [3.05, 3.63) is 24.2 Å². The van der Waals surface area contributed by atoms with Crippen LogP contribution in [0.5, 0.6) is 0 Å². The van der Waals surface area contributed by atoms with E-state index < -0.39 is 54.0 Å². The maximum absolute atomic E-state index is 11.9. The van der Waals surface area contributed by atoms with E-state index in [2.05, 4.69) is 23.2 Å². The molecule has 0 bridgehead atoms. The second kappa shape index (κ2) is 9.32. The highest BCUT2D eigenvalue weighted by Gasteiger charge is 2.58. The van der Waals surface area contributed by atoms with E-state index in [-0.39, 0.29) is 17.0 Å². The van der Waals surface area contributed by atoms with Crippen molar-refractivity contribution >= 4 is 34.8 Å². The molecular formula is C12H16N5O14P3. The van der Waals surface area contributed by atoms with Gasteiger partial charge in [0, 0.05) is 0 Å². The van der Waals surface area contributed by atoms with Crippen molar-refractivity contribution in [3.63, 3.8) is 0 Å². The number of aliphatic hydroxyl groups is 2. The molecule has 1 saturated heterocycles. The fourth-order valence-corrected chi connectivity index (χ4v) is 6.12. The minimum atomic E-state index is -5.78. The fraction of sp³-hybridized carbons (Fsp3) is 0.417. The first kappa shape index (κ1) is 26.8. The Labute approximate surface area is 188 Å². The van der Waals surface area contributed by atoms with E-state index in [0.717, 1.165) is 10.8 Å². The molecule has 3 heterocycles. The number of rotatable bonds is 9. The summed E-state index contributed by atoms with van der Waals surface area (Å²) in [6.45, 7) is -1.12. The molecule has 1 fully saturated rings. The summed E-state index contributed by atoms with van der Waals surface area (Å²) in [6, 6.07) is 4.28. The lowest BCUT2D eigenvalue weighted by Gasteiger charge is -2.24. The summed E-state index contributed by atoms with van der Waals surface area (Å²) in [5.41, 5.74) is -0.529. The molecule has 22 heteroatoms. The molecule has 2 aromatic heterocycles. The van der Waals surface area contributed by atoms with Crippen LogP contribution in [0.4, 0.5) is 5.82 Å². The van der Waals surface area contributed by atoms with Gasteiger partial charge in [-0.1, -0.05) is 0 Å².